The van der Waals surface area contributed by atoms with E-state index in [0.717, 1.165) is 0 Å². The van der Waals surface area contributed by atoms with E-state index in [1.165, 1.54) is 0 Å². The molecular weight excluding hydrogens is 990 g/mol. The first-order chi connectivity index (χ1) is 27.7. The van der Waals surface area contributed by atoms with Gasteiger partial charge in [0.15, 0.2) is 0 Å². The molecule has 6 bridgehead atoms. The molecule has 298 valence electrons. The minimum absolute atomic E-state index is 0.103. The Hall–Kier alpha value is -5.50. The standard InChI is InChI=1S/C32F16N8.2ClH.Sn/c33-9-1-2(10(34)18(42)17(9)41)26-49-25(1)53-27-3-4(12(36)20(44)19(43)11(3)35)29(50-27)55-31-7-8(16(40)24(48)23(47)15(7)39)32(52-31)56-30-6-5(28(51-30)54-26)13(37)21(45)22(46)14(6)38;;;/h;2*1H;/q-2;;;+4/p-2. The van der Waals surface area contributed by atoms with Gasteiger partial charge < -0.3 is 0 Å². The number of hydrogen-bond donors (Lipinski definition) is 0. The topological polar surface area (TPSA) is 84.0 Å². The normalized spacial score (nSPS) is 15.8. The molecule has 6 aromatic rings. The van der Waals surface area contributed by atoms with Crippen molar-refractivity contribution in [3.05, 3.63) is 126 Å². The monoisotopic (exact) mass is 990 g/mol. The van der Waals surface area contributed by atoms with E-state index in [-0.39, 0.29) is 5.58 Å². The van der Waals surface area contributed by atoms with Crippen LogP contribution in [0.2, 0.25) is 0 Å². The van der Waals surface area contributed by atoms with Gasteiger partial charge in [0, 0.05) is 0 Å². The number of amidine groups is 4. The molecule has 0 atom stereocenters. The van der Waals surface area contributed by atoms with E-state index in [9.17, 15) is 17.6 Å². The van der Waals surface area contributed by atoms with Crippen molar-refractivity contribution in [1.82, 2.24) is 5.58 Å². The van der Waals surface area contributed by atoms with Gasteiger partial charge in [-0.25, -0.2) is 0 Å². The fourth-order valence-electron chi connectivity index (χ4n) is 7.04. The number of benzene rings is 4. The van der Waals surface area contributed by atoms with Gasteiger partial charge in [-0.1, -0.05) is 0 Å². The van der Waals surface area contributed by atoms with Crippen LogP contribution in [-0.4, -0.2) is 45.6 Å². The Balaban J connectivity index is 1.60. The fraction of sp³-hybridized carbons (Fsp3) is 0. The number of hydrogen-bond acceptors (Lipinski definition) is 6. The van der Waals surface area contributed by atoms with Gasteiger partial charge in [-0.3, -0.25) is 0 Å². The molecule has 0 fully saturated rings. The van der Waals surface area contributed by atoms with Crippen molar-refractivity contribution in [2.75, 3.05) is 0 Å². The Morgan fingerprint density at radius 2 is 0.542 bits per heavy atom. The van der Waals surface area contributed by atoms with Gasteiger partial charge in [0.2, 0.25) is 0 Å². The minimum atomic E-state index is -7.07. The molecule has 0 spiro atoms. The van der Waals surface area contributed by atoms with Gasteiger partial charge in [0.1, 0.15) is 0 Å². The quantitative estimate of drug-likeness (QED) is 0.0639. The van der Waals surface area contributed by atoms with Crippen LogP contribution < -0.4 is 11.0 Å². The Labute approximate surface area is 322 Å². The molecule has 0 amide bonds. The van der Waals surface area contributed by atoms with Crippen molar-refractivity contribution < 1.29 is 70.2 Å². The molecule has 0 unspecified atom stereocenters. The molecular formula is C32Cl2F16N8Sn. The zero-order valence-electron chi connectivity index (χ0n) is 26.9. The average molecular weight is 990 g/mol. The third kappa shape index (κ3) is 4.40. The van der Waals surface area contributed by atoms with Crippen LogP contribution in [0.4, 0.5) is 81.9 Å². The number of halogens is 18. The molecule has 4 aliphatic heterocycles. The van der Waals surface area contributed by atoms with Crippen molar-refractivity contribution in [1.29, 1.82) is 0 Å². The van der Waals surface area contributed by atoms with E-state index in [1.54, 1.807) is 0 Å². The van der Waals surface area contributed by atoms with Gasteiger partial charge in [-0.05, 0) is 0 Å². The third-order valence-electron chi connectivity index (χ3n) is 9.51. The molecule has 27 heteroatoms. The predicted molar refractivity (Wildman–Crippen MR) is 172 cm³/mol. The number of aliphatic imine (C=N–C) groups is 4. The molecule has 0 N–H and O–H groups in total. The molecule has 0 radical (unpaired) electrons. The zero-order valence-corrected chi connectivity index (χ0v) is 31.2. The van der Waals surface area contributed by atoms with Crippen LogP contribution in [0.3, 0.4) is 0 Å². The van der Waals surface area contributed by atoms with Crippen LogP contribution in [-0.2, 0) is 0 Å². The van der Waals surface area contributed by atoms with E-state index < -0.39 is 199 Å². The van der Waals surface area contributed by atoms with Crippen molar-refractivity contribution in [3.8, 4) is 0 Å². The number of aromatic nitrogens is 2. The Kier molecular flexibility index (Phi) is 7.57. The molecule has 0 saturated carbocycles. The van der Waals surface area contributed by atoms with Gasteiger partial charge in [-0.2, -0.15) is 0 Å². The molecule has 2 aromatic heterocycles. The molecule has 59 heavy (non-hydrogen) atoms. The average Bonchev–Trinajstić information content (AvgIpc) is 3.92. The van der Waals surface area contributed by atoms with E-state index in [0.29, 0.717) is 0 Å². The summed E-state index contributed by atoms with van der Waals surface area (Å²) in [5.41, 5.74) is -9.06. The Morgan fingerprint density at radius 1 is 0.288 bits per heavy atom. The molecule has 8 nitrogen and oxygen atoms in total. The van der Waals surface area contributed by atoms with Gasteiger partial charge in [-0.15, -0.1) is 0 Å². The van der Waals surface area contributed by atoms with Crippen molar-refractivity contribution in [2.24, 2.45) is 30.0 Å². The van der Waals surface area contributed by atoms with Crippen molar-refractivity contribution >= 4 is 91.0 Å². The van der Waals surface area contributed by atoms with Crippen LogP contribution >= 0.6 is 17.8 Å². The second-order valence-corrected chi connectivity index (χ2v) is 26.3. The first-order valence-corrected chi connectivity index (χ1v) is 25.2. The van der Waals surface area contributed by atoms with Gasteiger partial charge in [0.05, 0.1) is 0 Å². The Bertz CT molecular complexity index is 3230. The summed E-state index contributed by atoms with van der Waals surface area (Å²) in [6, 6.07) is 0. The molecule has 4 aromatic carbocycles. The summed E-state index contributed by atoms with van der Waals surface area (Å²) in [4.78, 5) is 22.3. The molecule has 0 saturated heterocycles. The summed E-state index contributed by atoms with van der Waals surface area (Å²) >= 11 is -7.07. The summed E-state index contributed by atoms with van der Waals surface area (Å²) in [6.45, 7) is 0. The number of rotatable bonds is 0. The van der Waals surface area contributed by atoms with Crippen LogP contribution in [0.5, 0.6) is 0 Å². The fourth-order valence-corrected chi connectivity index (χ4v) is 16.7. The second kappa shape index (κ2) is 11.8. The maximum absolute atomic E-state index is 16.1. The molecule has 10 rings (SSSR count). The van der Waals surface area contributed by atoms with E-state index in [4.69, 9.17) is 17.8 Å². The second-order valence-electron chi connectivity index (χ2n) is 12.5. The summed E-state index contributed by atoms with van der Waals surface area (Å²) in [6.07, 6.45) is 0. The van der Waals surface area contributed by atoms with Gasteiger partial charge in [0.25, 0.3) is 0 Å². The molecule has 4 aliphatic rings. The summed E-state index contributed by atoms with van der Waals surface area (Å²) in [5.74, 6) is -48.5. The zero-order chi connectivity index (χ0) is 42.4. The Morgan fingerprint density at radius 3 is 0.847 bits per heavy atom. The van der Waals surface area contributed by atoms with E-state index in [2.05, 4.69) is 30.0 Å². The molecule has 6 heterocycles. The first-order valence-electron chi connectivity index (χ1n) is 15.4. The van der Waals surface area contributed by atoms with Gasteiger partial charge >= 0.3 is 323 Å². The summed E-state index contributed by atoms with van der Waals surface area (Å²) < 4.78 is 247. The first kappa shape index (κ1) is 37.7. The maximum atomic E-state index is 16.1. The summed E-state index contributed by atoms with van der Waals surface area (Å²) in [5, 5.41) is -6.53. The van der Waals surface area contributed by atoms with Crippen LogP contribution in [0.25, 0.3) is 21.5 Å². The predicted octanol–water partition coefficient (Wildman–Crippen LogP) is 8.07. The molecule has 0 aliphatic carbocycles. The third-order valence-corrected chi connectivity index (χ3v) is 19.5. The van der Waals surface area contributed by atoms with Crippen LogP contribution in [0, 0.1) is 93.1 Å². The number of nitrogens with zero attached hydrogens (tertiary/aromatic N) is 8. The number of fused-ring (bicyclic) bond motifs is 14. The SMILES string of the molecule is Fc1c(F)c(F)c2c(c1F)C1=NC2=Nc2c3c(F)c(F)c(F)c(F)c3c3[n]2[Sn]([Cl])([Cl])[n]2c(c4c(F)c(F)c(F)c(F)c4c2=NC2=NC(=N3)c3c(F)c(F)c(F)c(F)c32)=N1. The van der Waals surface area contributed by atoms with E-state index in [1.807, 2.05) is 0 Å². The van der Waals surface area contributed by atoms with Crippen LogP contribution in [0.15, 0.2) is 30.0 Å². The van der Waals surface area contributed by atoms with E-state index >= 15 is 52.7 Å². The van der Waals surface area contributed by atoms with Crippen molar-refractivity contribution in [3.63, 3.8) is 0 Å². The van der Waals surface area contributed by atoms with Crippen LogP contribution in [0.1, 0.15) is 22.3 Å². The summed E-state index contributed by atoms with van der Waals surface area (Å²) in [7, 11) is 14.1. The van der Waals surface area contributed by atoms with Crippen molar-refractivity contribution in [2.45, 2.75) is 0 Å².